The van der Waals surface area contributed by atoms with Gasteiger partial charge in [0.25, 0.3) is 0 Å². The predicted octanol–water partition coefficient (Wildman–Crippen LogP) is 3.46. The number of nitrogens with zero attached hydrogens (tertiary/aromatic N) is 2. The number of thiophene rings is 2. The van der Waals surface area contributed by atoms with Gasteiger partial charge in [0.2, 0.25) is 0 Å². The second-order valence-corrected chi connectivity index (χ2v) is 5.96. The standard InChI is InChI=1S/C13H10N2O4S2/c16-14(17)11(5-9-1-3-20-7-9)12-6-13(19-15(12)18)10-2-4-21-8-10/h1-5,7-8,13H,6H2/b11-5+. The smallest absolute Gasteiger partial charge is 0.342 e. The Morgan fingerprint density at radius 2 is 2.14 bits per heavy atom. The molecular formula is C13H10N2O4S2. The third-order valence-electron chi connectivity index (χ3n) is 3.08. The van der Waals surface area contributed by atoms with Gasteiger partial charge in [0.05, 0.1) is 11.3 Å². The summed E-state index contributed by atoms with van der Waals surface area (Å²) in [5.41, 5.74) is 1.38. The molecule has 0 radical (unpaired) electrons. The van der Waals surface area contributed by atoms with Gasteiger partial charge in [-0.25, -0.2) is 0 Å². The lowest BCUT2D eigenvalue weighted by Gasteiger charge is -2.08. The highest BCUT2D eigenvalue weighted by Gasteiger charge is 2.38. The highest BCUT2D eigenvalue weighted by molar-refractivity contribution is 7.08. The average molecular weight is 322 g/mol. The minimum absolute atomic E-state index is 0.0439. The van der Waals surface area contributed by atoms with Crippen molar-refractivity contribution in [2.24, 2.45) is 0 Å². The van der Waals surface area contributed by atoms with Crippen LogP contribution in [0.15, 0.2) is 39.4 Å². The van der Waals surface area contributed by atoms with Crippen molar-refractivity contribution in [2.45, 2.75) is 12.5 Å². The van der Waals surface area contributed by atoms with E-state index in [1.807, 2.05) is 22.2 Å². The zero-order chi connectivity index (χ0) is 14.8. The number of hydrogen-bond acceptors (Lipinski definition) is 6. The second-order valence-electron chi connectivity index (χ2n) is 4.40. The number of allylic oxidation sites excluding steroid dienone is 1. The molecule has 0 amide bonds. The molecule has 8 heteroatoms. The summed E-state index contributed by atoms with van der Waals surface area (Å²) >= 11 is 2.93. The van der Waals surface area contributed by atoms with E-state index < -0.39 is 11.0 Å². The summed E-state index contributed by atoms with van der Waals surface area (Å²) in [5.74, 6) is 0. The molecule has 0 aliphatic carbocycles. The highest BCUT2D eigenvalue weighted by Crippen LogP contribution is 2.30. The van der Waals surface area contributed by atoms with Crippen LogP contribution in [-0.4, -0.2) is 15.5 Å². The molecule has 6 nitrogen and oxygen atoms in total. The summed E-state index contributed by atoms with van der Waals surface area (Å²) in [7, 11) is 0. The number of nitro groups is 1. The molecule has 3 rings (SSSR count). The molecule has 0 bridgehead atoms. The fourth-order valence-electron chi connectivity index (χ4n) is 2.06. The molecule has 3 heterocycles. The Labute approximate surface area is 127 Å². The van der Waals surface area contributed by atoms with E-state index in [1.165, 1.54) is 28.7 Å². The normalized spacial score (nSPS) is 18.9. The van der Waals surface area contributed by atoms with Crippen LogP contribution in [0.1, 0.15) is 23.7 Å². The molecule has 2 aromatic heterocycles. The van der Waals surface area contributed by atoms with Crippen molar-refractivity contribution in [3.05, 3.63) is 65.8 Å². The van der Waals surface area contributed by atoms with Crippen LogP contribution in [0.5, 0.6) is 0 Å². The monoisotopic (exact) mass is 322 g/mol. The van der Waals surface area contributed by atoms with Crippen molar-refractivity contribution in [1.29, 1.82) is 0 Å². The zero-order valence-corrected chi connectivity index (χ0v) is 12.3. The summed E-state index contributed by atoms with van der Waals surface area (Å²) in [6.45, 7) is 0. The Balaban J connectivity index is 1.90. The first-order chi connectivity index (χ1) is 10.1. The molecular weight excluding hydrogens is 312 g/mol. The molecule has 0 saturated heterocycles. The summed E-state index contributed by atoms with van der Waals surface area (Å²) in [4.78, 5) is 16.1. The molecule has 0 fully saturated rings. The van der Waals surface area contributed by atoms with Crippen molar-refractivity contribution in [1.82, 2.24) is 0 Å². The molecule has 1 unspecified atom stereocenters. The number of hydrogen-bond donors (Lipinski definition) is 0. The molecule has 0 aromatic carbocycles. The Morgan fingerprint density at radius 3 is 2.76 bits per heavy atom. The molecule has 1 aliphatic heterocycles. The van der Waals surface area contributed by atoms with Crippen LogP contribution < -0.4 is 0 Å². The van der Waals surface area contributed by atoms with Crippen molar-refractivity contribution < 1.29 is 14.7 Å². The maximum absolute atomic E-state index is 11.9. The van der Waals surface area contributed by atoms with Gasteiger partial charge in [0, 0.05) is 11.0 Å². The van der Waals surface area contributed by atoms with Crippen LogP contribution in [0.25, 0.3) is 6.08 Å². The summed E-state index contributed by atoms with van der Waals surface area (Å²) < 4.78 is 0. The third-order valence-corrected chi connectivity index (χ3v) is 4.48. The lowest BCUT2D eigenvalue weighted by atomic mass is 10.1. The minimum Gasteiger partial charge on any atom is -0.394 e. The van der Waals surface area contributed by atoms with Crippen molar-refractivity contribution in [3.8, 4) is 0 Å². The first-order valence-electron chi connectivity index (χ1n) is 6.06. The van der Waals surface area contributed by atoms with Gasteiger partial charge in [-0.2, -0.15) is 22.7 Å². The van der Waals surface area contributed by atoms with Crippen molar-refractivity contribution in [2.75, 3.05) is 0 Å². The van der Waals surface area contributed by atoms with Crippen LogP contribution in [0, 0.1) is 15.3 Å². The Bertz CT molecular complexity index is 705. The zero-order valence-electron chi connectivity index (χ0n) is 10.7. The fraction of sp³-hybridized carbons (Fsp3) is 0.154. The van der Waals surface area contributed by atoms with Crippen LogP contribution in [0.3, 0.4) is 0 Å². The van der Waals surface area contributed by atoms with Gasteiger partial charge >= 0.3 is 11.4 Å². The average Bonchev–Trinajstić information content (AvgIpc) is 3.17. The van der Waals surface area contributed by atoms with E-state index in [0.717, 1.165) is 5.56 Å². The predicted molar refractivity (Wildman–Crippen MR) is 80.7 cm³/mol. The molecule has 1 atom stereocenters. The van der Waals surface area contributed by atoms with E-state index >= 15 is 0 Å². The van der Waals surface area contributed by atoms with Crippen LogP contribution >= 0.6 is 22.7 Å². The molecule has 0 spiro atoms. The van der Waals surface area contributed by atoms with Crippen molar-refractivity contribution in [3.63, 3.8) is 0 Å². The highest BCUT2D eigenvalue weighted by atomic mass is 32.1. The van der Waals surface area contributed by atoms with Gasteiger partial charge in [-0.15, -0.1) is 0 Å². The number of rotatable bonds is 4. The first kappa shape index (κ1) is 13.8. The van der Waals surface area contributed by atoms with Gasteiger partial charge in [0.15, 0.2) is 0 Å². The Kier molecular flexibility index (Phi) is 3.72. The lowest BCUT2D eigenvalue weighted by molar-refractivity contribution is -0.743. The van der Waals surface area contributed by atoms with Gasteiger partial charge < -0.3 is 4.84 Å². The second kappa shape index (κ2) is 5.66. The van der Waals surface area contributed by atoms with E-state index in [1.54, 1.807) is 11.4 Å². The molecule has 0 saturated carbocycles. The topological polar surface area (TPSA) is 78.4 Å². The molecule has 2 aromatic rings. The maximum atomic E-state index is 11.9. The molecule has 1 aliphatic rings. The van der Waals surface area contributed by atoms with Gasteiger partial charge in [-0.1, -0.05) is 0 Å². The summed E-state index contributed by atoms with van der Waals surface area (Å²) in [5, 5.41) is 30.5. The molecule has 21 heavy (non-hydrogen) atoms. The first-order valence-corrected chi connectivity index (χ1v) is 7.94. The largest absolute Gasteiger partial charge is 0.394 e. The van der Waals surface area contributed by atoms with Crippen LogP contribution in [-0.2, 0) is 4.84 Å². The van der Waals surface area contributed by atoms with Crippen LogP contribution in [0.4, 0.5) is 0 Å². The molecule has 0 N–H and O–H groups in total. The van der Waals surface area contributed by atoms with Crippen molar-refractivity contribution >= 4 is 34.5 Å². The minimum atomic E-state index is -0.544. The van der Waals surface area contributed by atoms with Gasteiger partial charge in [0.1, 0.15) is 6.10 Å². The summed E-state index contributed by atoms with van der Waals surface area (Å²) in [6.07, 6.45) is 1.13. The van der Waals surface area contributed by atoms with Gasteiger partial charge in [-0.05, 0) is 44.8 Å². The van der Waals surface area contributed by atoms with E-state index in [2.05, 4.69) is 0 Å². The van der Waals surface area contributed by atoms with E-state index in [0.29, 0.717) is 5.56 Å². The van der Waals surface area contributed by atoms with Gasteiger partial charge in [-0.3, -0.25) is 15.3 Å². The SMILES string of the molecule is O=[N+]([O-])/C(=C/c1ccsc1)C1=[N+]([O-])OC(c2ccsc2)C1. The molecule has 108 valence electrons. The third kappa shape index (κ3) is 2.81. The van der Waals surface area contributed by atoms with E-state index in [-0.39, 0.29) is 22.7 Å². The fourth-order valence-corrected chi connectivity index (χ4v) is 3.38. The van der Waals surface area contributed by atoms with E-state index in [4.69, 9.17) is 4.84 Å². The van der Waals surface area contributed by atoms with E-state index in [9.17, 15) is 15.3 Å². The van der Waals surface area contributed by atoms with Crippen LogP contribution in [0.2, 0.25) is 0 Å². The Hall–Kier alpha value is -2.19. The lowest BCUT2D eigenvalue weighted by Crippen LogP contribution is -2.15. The quantitative estimate of drug-likeness (QED) is 0.490. The summed E-state index contributed by atoms with van der Waals surface area (Å²) in [6, 6.07) is 3.61. The maximum Gasteiger partial charge on any atom is 0.342 e. The Morgan fingerprint density at radius 1 is 1.38 bits per heavy atom.